The Kier molecular flexibility index (Phi) is 5.77. The number of rotatable bonds is 5. The summed E-state index contributed by atoms with van der Waals surface area (Å²) in [5.74, 6) is -0.472. The van der Waals surface area contributed by atoms with Crippen LogP contribution < -0.4 is 5.01 Å². The van der Waals surface area contributed by atoms with Crippen molar-refractivity contribution in [2.45, 2.75) is 27.7 Å². The molecule has 1 aliphatic rings. The smallest absolute Gasteiger partial charge is 0.338 e. The summed E-state index contributed by atoms with van der Waals surface area (Å²) in [4.78, 5) is 25.0. The summed E-state index contributed by atoms with van der Waals surface area (Å²) in [5.41, 5.74) is 6.43. The fraction of sp³-hybridized carbons (Fsp3) is 0.192. The Labute approximate surface area is 187 Å². The lowest BCUT2D eigenvalue weighted by Crippen LogP contribution is -2.21. The lowest BCUT2D eigenvalue weighted by Gasteiger charge is -2.11. The molecule has 1 amide bonds. The molecular formula is C26H25N3O3. The molecule has 0 aliphatic carbocycles. The lowest BCUT2D eigenvalue weighted by molar-refractivity contribution is -0.114. The molecule has 32 heavy (non-hydrogen) atoms. The van der Waals surface area contributed by atoms with E-state index in [1.165, 1.54) is 5.01 Å². The fourth-order valence-electron chi connectivity index (χ4n) is 3.88. The van der Waals surface area contributed by atoms with Crippen molar-refractivity contribution in [1.82, 2.24) is 4.57 Å². The van der Waals surface area contributed by atoms with Gasteiger partial charge in [-0.2, -0.15) is 10.1 Å². The summed E-state index contributed by atoms with van der Waals surface area (Å²) in [6.07, 6.45) is 1.90. The van der Waals surface area contributed by atoms with Gasteiger partial charge in [0.05, 0.1) is 29.1 Å². The number of carbonyl (C=O) groups is 2. The number of nitrogens with zero attached hydrogens (tertiary/aromatic N) is 3. The zero-order valence-corrected chi connectivity index (χ0v) is 18.6. The van der Waals surface area contributed by atoms with Crippen LogP contribution in [0.2, 0.25) is 0 Å². The summed E-state index contributed by atoms with van der Waals surface area (Å²) in [5, 5.41) is 5.90. The second-order valence-corrected chi connectivity index (χ2v) is 7.63. The first-order chi connectivity index (χ1) is 15.4. The number of carbonyl (C=O) groups excluding carboxylic acids is 2. The van der Waals surface area contributed by atoms with Crippen molar-refractivity contribution >= 4 is 29.4 Å². The number of para-hydroxylation sites is 1. The predicted molar refractivity (Wildman–Crippen MR) is 126 cm³/mol. The maximum atomic E-state index is 13.0. The normalized spacial score (nSPS) is 14.8. The number of hydrazone groups is 1. The van der Waals surface area contributed by atoms with Crippen molar-refractivity contribution in [3.8, 4) is 5.69 Å². The first-order valence-electron chi connectivity index (χ1n) is 10.5. The fourth-order valence-corrected chi connectivity index (χ4v) is 3.88. The van der Waals surface area contributed by atoms with Gasteiger partial charge < -0.3 is 9.30 Å². The molecule has 0 bridgehead atoms. The van der Waals surface area contributed by atoms with Crippen molar-refractivity contribution in [2.75, 3.05) is 11.6 Å². The zero-order chi connectivity index (χ0) is 22.8. The lowest BCUT2D eigenvalue weighted by atomic mass is 10.1. The molecule has 2 heterocycles. The van der Waals surface area contributed by atoms with E-state index in [0.717, 1.165) is 28.3 Å². The van der Waals surface area contributed by atoms with Gasteiger partial charge in [-0.15, -0.1) is 0 Å². The molecule has 0 atom stereocenters. The van der Waals surface area contributed by atoms with Crippen molar-refractivity contribution in [2.24, 2.45) is 5.10 Å². The number of benzene rings is 2. The van der Waals surface area contributed by atoms with Crippen LogP contribution in [0.1, 0.15) is 41.2 Å². The summed E-state index contributed by atoms with van der Waals surface area (Å²) in [6, 6.07) is 18.8. The molecule has 0 spiro atoms. The van der Waals surface area contributed by atoms with Gasteiger partial charge in [-0.3, -0.25) is 4.79 Å². The molecule has 0 saturated heterocycles. The second-order valence-electron chi connectivity index (χ2n) is 7.63. The maximum Gasteiger partial charge on any atom is 0.338 e. The van der Waals surface area contributed by atoms with Gasteiger partial charge in [0.25, 0.3) is 5.91 Å². The van der Waals surface area contributed by atoms with Crippen LogP contribution in [0, 0.1) is 13.8 Å². The van der Waals surface area contributed by atoms with E-state index in [-0.39, 0.29) is 11.9 Å². The predicted octanol–water partition coefficient (Wildman–Crippen LogP) is 5.08. The van der Waals surface area contributed by atoms with E-state index < -0.39 is 0 Å². The SMILES string of the molecule is CCOC(=O)c1ccc(-n2c(C)cc(C=C3C(=O)N(c4ccccc4)N=C3C)c2C)cc1. The van der Waals surface area contributed by atoms with Gasteiger partial charge in [-0.05, 0) is 81.8 Å². The third kappa shape index (κ3) is 3.87. The van der Waals surface area contributed by atoms with E-state index in [4.69, 9.17) is 4.74 Å². The van der Waals surface area contributed by atoms with Gasteiger partial charge in [0.15, 0.2) is 0 Å². The molecule has 0 saturated carbocycles. The van der Waals surface area contributed by atoms with E-state index in [1.807, 2.05) is 75.4 Å². The second kappa shape index (κ2) is 8.67. The number of ether oxygens (including phenoxy) is 1. The van der Waals surface area contributed by atoms with Crippen LogP contribution in [0.25, 0.3) is 11.8 Å². The molecule has 2 aromatic carbocycles. The maximum absolute atomic E-state index is 13.0. The van der Waals surface area contributed by atoms with E-state index in [1.54, 1.807) is 19.1 Å². The number of anilines is 1. The molecule has 4 rings (SSSR count). The number of aryl methyl sites for hydroxylation is 1. The van der Waals surface area contributed by atoms with Crippen molar-refractivity contribution in [3.05, 3.63) is 88.8 Å². The first kappa shape index (κ1) is 21.3. The molecule has 6 nitrogen and oxygen atoms in total. The summed E-state index contributed by atoms with van der Waals surface area (Å²) < 4.78 is 7.16. The minimum atomic E-state index is -0.331. The average molecular weight is 428 g/mol. The number of hydrogen-bond acceptors (Lipinski definition) is 4. The highest BCUT2D eigenvalue weighted by Crippen LogP contribution is 2.28. The van der Waals surface area contributed by atoms with Crippen LogP contribution in [0.5, 0.6) is 0 Å². The quantitative estimate of drug-likeness (QED) is 0.421. The number of amides is 1. The van der Waals surface area contributed by atoms with Gasteiger partial charge in [0.1, 0.15) is 0 Å². The first-order valence-corrected chi connectivity index (χ1v) is 10.5. The standard InChI is InChI=1S/C26H25N3O3/c1-5-32-26(31)20-11-13-22(14-12-20)28-17(2)15-21(19(28)4)16-24-18(3)27-29(25(24)30)23-9-7-6-8-10-23/h6-16H,5H2,1-4H3. The molecule has 3 aromatic rings. The average Bonchev–Trinajstić information content (AvgIpc) is 3.24. The molecule has 0 radical (unpaired) electrons. The molecule has 0 fully saturated rings. The van der Waals surface area contributed by atoms with Crippen LogP contribution in [0.3, 0.4) is 0 Å². The minimum absolute atomic E-state index is 0.141. The Balaban J connectivity index is 1.65. The van der Waals surface area contributed by atoms with Crippen LogP contribution >= 0.6 is 0 Å². The van der Waals surface area contributed by atoms with Gasteiger partial charge >= 0.3 is 5.97 Å². The number of esters is 1. The Morgan fingerprint density at radius 1 is 1.00 bits per heavy atom. The molecule has 1 aliphatic heterocycles. The Hall–Kier alpha value is -3.93. The Bertz CT molecular complexity index is 1240. The number of aromatic nitrogens is 1. The molecule has 0 unspecified atom stereocenters. The van der Waals surface area contributed by atoms with Crippen molar-refractivity contribution in [1.29, 1.82) is 0 Å². The monoisotopic (exact) mass is 427 g/mol. The topological polar surface area (TPSA) is 63.9 Å². The zero-order valence-electron chi connectivity index (χ0n) is 18.6. The van der Waals surface area contributed by atoms with E-state index in [2.05, 4.69) is 9.67 Å². The molecule has 6 heteroatoms. The Morgan fingerprint density at radius 3 is 2.34 bits per heavy atom. The van der Waals surface area contributed by atoms with Crippen molar-refractivity contribution < 1.29 is 14.3 Å². The van der Waals surface area contributed by atoms with Gasteiger partial charge in [0, 0.05) is 17.1 Å². The molecule has 162 valence electrons. The van der Waals surface area contributed by atoms with E-state index >= 15 is 0 Å². The number of hydrogen-bond donors (Lipinski definition) is 0. The summed E-state index contributed by atoms with van der Waals surface area (Å²) in [7, 11) is 0. The third-order valence-corrected chi connectivity index (χ3v) is 5.47. The third-order valence-electron chi connectivity index (χ3n) is 5.47. The van der Waals surface area contributed by atoms with E-state index in [9.17, 15) is 9.59 Å². The van der Waals surface area contributed by atoms with Gasteiger partial charge in [-0.1, -0.05) is 18.2 Å². The van der Waals surface area contributed by atoms with Crippen LogP contribution in [-0.2, 0) is 9.53 Å². The minimum Gasteiger partial charge on any atom is -0.462 e. The van der Waals surface area contributed by atoms with Crippen molar-refractivity contribution in [3.63, 3.8) is 0 Å². The van der Waals surface area contributed by atoms with Crippen LogP contribution in [0.4, 0.5) is 5.69 Å². The van der Waals surface area contributed by atoms with Crippen LogP contribution in [0.15, 0.2) is 71.3 Å². The highest BCUT2D eigenvalue weighted by Gasteiger charge is 2.29. The molecule has 1 aromatic heterocycles. The summed E-state index contributed by atoms with van der Waals surface area (Å²) >= 11 is 0. The molecular weight excluding hydrogens is 402 g/mol. The van der Waals surface area contributed by atoms with Gasteiger partial charge in [0.2, 0.25) is 0 Å². The Morgan fingerprint density at radius 2 is 1.69 bits per heavy atom. The largest absolute Gasteiger partial charge is 0.462 e. The van der Waals surface area contributed by atoms with Crippen LogP contribution in [-0.4, -0.2) is 28.8 Å². The summed E-state index contributed by atoms with van der Waals surface area (Å²) in [6.45, 7) is 8.01. The molecule has 0 N–H and O–H groups in total. The highest BCUT2D eigenvalue weighted by atomic mass is 16.5. The highest BCUT2D eigenvalue weighted by molar-refractivity contribution is 6.32. The van der Waals surface area contributed by atoms with E-state index in [0.29, 0.717) is 23.5 Å². The van der Waals surface area contributed by atoms with Gasteiger partial charge in [-0.25, -0.2) is 4.79 Å².